The number of halogens is 1. The molecule has 1 fully saturated rings. The molecule has 0 saturated carbocycles. The molecule has 1 aromatic heterocycles. The zero-order valence-corrected chi connectivity index (χ0v) is 6.83. The minimum Gasteiger partial charge on any atom is -0.354 e. The molecule has 0 bridgehead atoms. The fraction of sp³-hybridized carbons (Fsp3) is 0.444. The molecule has 1 aliphatic heterocycles. The molecule has 2 rings (SSSR count). The number of nitrogens with zero attached hydrogens (tertiary/aromatic N) is 2. The third-order valence-corrected chi connectivity index (χ3v) is 2.14. The Bertz CT molecular complexity index is 269. The van der Waals surface area contributed by atoms with Gasteiger partial charge in [0.05, 0.1) is 0 Å². The molecule has 3 heteroatoms. The predicted molar refractivity (Wildman–Crippen MR) is 45.6 cm³/mol. The highest BCUT2D eigenvalue weighted by Crippen LogP contribution is 2.19. The van der Waals surface area contributed by atoms with E-state index >= 15 is 0 Å². The maximum absolute atomic E-state index is 13.1. The lowest BCUT2D eigenvalue weighted by atomic mass is 10.4. The lowest BCUT2D eigenvalue weighted by molar-refractivity contribution is 0.616. The fourth-order valence-electron chi connectivity index (χ4n) is 1.54. The lowest BCUT2D eigenvalue weighted by Crippen LogP contribution is -2.20. The Kier molecular flexibility index (Phi) is 1.94. The maximum Gasteiger partial charge on any atom is 0.165 e. The molecule has 0 spiro atoms. The van der Waals surface area contributed by atoms with Gasteiger partial charge in [-0.05, 0) is 25.0 Å². The third kappa shape index (κ3) is 1.26. The summed E-state index contributed by atoms with van der Waals surface area (Å²) in [6.45, 7) is 1.88. The van der Waals surface area contributed by atoms with Crippen LogP contribution < -0.4 is 4.90 Å². The van der Waals surface area contributed by atoms with Crippen molar-refractivity contribution in [3.63, 3.8) is 0 Å². The largest absolute Gasteiger partial charge is 0.354 e. The molecule has 0 unspecified atom stereocenters. The number of hydrogen-bond acceptors (Lipinski definition) is 2. The van der Waals surface area contributed by atoms with Crippen LogP contribution in [-0.4, -0.2) is 18.1 Å². The Morgan fingerprint density at radius 3 is 2.75 bits per heavy atom. The van der Waals surface area contributed by atoms with Crippen molar-refractivity contribution < 1.29 is 4.39 Å². The minimum atomic E-state index is -0.209. The monoisotopic (exact) mass is 166 g/mol. The van der Waals surface area contributed by atoms with Crippen molar-refractivity contribution in [2.24, 2.45) is 0 Å². The van der Waals surface area contributed by atoms with Gasteiger partial charge in [0.15, 0.2) is 11.6 Å². The van der Waals surface area contributed by atoms with Crippen molar-refractivity contribution in [2.45, 2.75) is 12.8 Å². The van der Waals surface area contributed by atoms with E-state index in [0.717, 1.165) is 25.9 Å². The molecular formula is C9H11FN2. The van der Waals surface area contributed by atoms with Crippen molar-refractivity contribution in [3.8, 4) is 0 Å². The second kappa shape index (κ2) is 3.09. The molecule has 12 heavy (non-hydrogen) atoms. The molecule has 0 atom stereocenters. The van der Waals surface area contributed by atoms with Crippen LogP contribution in [0.5, 0.6) is 0 Å². The van der Waals surface area contributed by atoms with Crippen molar-refractivity contribution in [3.05, 3.63) is 24.1 Å². The fourth-order valence-corrected chi connectivity index (χ4v) is 1.54. The summed E-state index contributed by atoms with van der Waals surface area (Å²) in [5.74, 6) is 0.300. The molecule has 1 aromatic rings. The van der Waals surface area contributed by atoms with Crippen LogP contribution in [-0.2, 0) is 0 Å². The summed E-state index contributed by atoms with van der Waals surface area (Å²) in [6, 6.07) is 3.08. The first kappa shape index (κ1) is 7.53. The van der Waals surface area contributed by atoms with E-state index < -0.39 is 0 Å². The number of pyridine rings is 1. The Hall–Kier alpha value is -1.12. The van der Waals surface area contributed by atoms with Gasteiger partial charge in [0.2, 0.25) is 0 Å². The van der Waals surface area contributed by atoms with Crippen LogP contribution in [0, 0.1) is 5.82 Å². The molecule has 64 valence electrons. The van der Waals surface area contributed by atoms with E-state index in [-0.39, 0.29) is 5.82 Å². The first-order chi connectivity index (χ1) is 5.88. The quantitative estimate of drug-likeness (QED) is 0.632. The van der Waals surface area contributed by atoms with Gasteiger partial charge in [-0.15, -0.1) is 0 Å². The molecule has 0 amide bonds. The van der Waals surface area contributed by atoms with Gasteiger partial charge in [-0.25, -0.2) is 9.37 Å². The van der Waals surface area contributed by atoms with Gasteiger partial charge in [0, 0.05) is 19.3 Å². The van der Waals surface area contributed by atoms with Gasteiger partial charge < -0.3 is 4.90 Å². The number of rotatable bonds is 1. The average Bonchev–Trinajstić information content (AvgIpc) is 2.57. The zero-order chi connectivity index (χ0) is 8.39. The normalized spacial score (nSPS) is 16.9. The lowest BCUT2D eigenvalue weighted by Gasteiger charge is -2.15. The maximum atomic E-state index is 13.1. The molecule has 0 N–H and O–H groups in total. The molecule has 0 aromatic carbocycles. The molecule has 1 aliphatic rings. The Morgan fingerprint density at radius 1 is 1.33 bits per heavy atom. The summed E-state index contributed by atoms with van der Waals surface area (Å²) >= 11 is 0. The molecule has 2 heterocycles. The van der Waals surface area contributed by atoms with Crippen LogP contribution >= 0.6 is 0 Å². The second-order valence-corrected chi connectivity index (χ2v) is 3.00. The summed E-state index contributed by atoms with van der Waals surface area (Å²) in [7, 11) is 0. The van der Waals surface area contributed by atoms with E-state index in [4.69, 9.17) is 0 Å². The first-order valence-electron chi connectivity index (χ1n) is 4.23. The van der Waals surface area contributed by atoms with Gasteiger partial charge in [0.25, 0.3) is 0 Å². The molecule has 0 radical (unpaired) electrons. The van der Waals surface area contributed by atoms with Crippen molar-refractivity contribution in [1.82, 2.24) is 4.98 Å². The topological polar surface area (TPSA) is 16.1 Å². The minimum absolute atomic E-state index is 0.209. The molecule has 1 saturated heterocycles. The SMILES string of the molecule is Fc1cccnc1N1CCCC1. The Balaban J connectivity index is 2.26. The summed E-state index contributed by atoms with van der Waals surface area (Å²) in [6.07, 6.45) is 3.93. The van der Waals surface area contributed by atoms with E-state index in [0.29, 0.717) is 5.82 Å². The number of hydrogen-bond donors (Lipinski definition) is 0. The zero-order valence-electron chi connectivity index (χ0n) is 6.83. The van der Waals surface area contributed by atoms with Crippen LogP contribution in [0.3, 0.4) is 0 Å². The Morgan fingerprint density at radius 2 is 2.08 bits per heavy atom. The average molecular weight is 166 g/mol. The molecule has 2 nitrogen and oxygen atoms in total. The van der Waals surface area contributed by atoms with Gasteiger partial charge in [-0.1, -0.05) is 0 Å². The predicted octanol–water partition coefficient (Wildman–Crippen LogP) is 1.82. The van der Waals surface area contributed by atoms with Crippen LogP contribution in [0.2, 0.25) is 0 Å². The standard InChI is InChI=1S/C9H11FN2/c10-8-4-3-5-11-9(8)12-6-1-2-7-12/h3-5H,1-2,6-7H2. The van der Waals surface area contributed by atoms with Crippen LogP contribution in [0.25, 0.3) is 0 Å². The van der Waals surface area contributed by atoms with Gasteiger partial charge in [0.1, 0.15) is 0 Å². The van der Waals surface area contributed by atoms with Crippen molar-refractivity contribution in [1.29, 1.82) is 0 Å². The van der Waals surface area contributed by atoms with Crippen molar-refractivity contribution >= 4 is 5.82 Å². The highest BCUT2D eigenvalue weighted by Gasteiger charge is 2.16. The van der Waals surface area contributed by atoms with E-state index in [1.807, 2.05) is 4.90 Å². The number of aromatic nitrogens is 1. The van der Waals surface area contributed by atoms with E-state index in [9.17, 15) is 4.39 Å². The molecular weight excluding hydrogens is 155 g/mol. The highest BCUT2D eigenvalue weighted by atomic mass is 19.1. The van der Waals surface area contributed by atoms with Gasteiger partial charge in [-0.3, -0.25) is 0 Å². The smallest absolute Gasteiger partial charge is 0.165 e. The van der Waals surface area contributed by atoms with Crippen LogP contribution in [0.15, 0.2) is 18.3 Å². The highest BCUT2D eigenvalue weighted by molar-refractivity contribution is 5.40. The van der Waals surface area contributed by atoms with E-state index in [1.165, 1.54) is 6.07 Å². The van der Waals surface area contributed by atoms with E-state index in [2.05, 4.69) is 4.98 Å². The van der Waals surface area contributed by atoms with Crippen LogP contribution in [0.1, 0.15) is 12.8 Å². The summed E-state index contributed by atoms with van der Waals surface area (Å²) in [5.41, 5.74) is 0. The summed E-state index contributed by atoms with van der Waals surface area (Å²) in [5, 5.41) is 0. The van der Waals surface area contributed by atoms with Crippen molar-refractivity contribution in [2.75, 3.05) is 18.0 Å². The van der Waals surface area contributed by atoms with Gasteiger partial charge >= 0.3 is 0 Å². The van der Waals surface area contributed by atoms with Crippen LogP contribution in [0.4, 0.5) is 10.2 Å². The molecule has 0 aliphatic carbocycles. The van der Waals surface area contributed by atoms with E-state index in [1.54, 1.807) is 12.3 Å². The first-order valence-corrected chi connectivity index (χ1v) is 4.23. The Labute approximate surface area is 71.0 Å². The third-order valence-electron chi connectivity index (χ3n) is 2.14. The summed E-state index contributed by atoms with van der Waals surface area (Å²) in [4.78, 5) is 6.01. The number of anilines is 1. The summed E-state index contributed by atoms with van der Waals surface area (Å²) < 4.78 is 13.1. The van der Waals surface area contributed by atoms with Gasteiger partial charge in [-0.2, -0.15) is 0 Å². The second-order valence-electron chi connectivity index (χ2n) is 3.00.